The Morgan fingerprint density at radius 2 is 1.53 bits per heavy atom. The second-order valence-electron chi connectivity index (χ2n) is 4.44. The third-order valence-electron chi connectivity index (χ3n) is 3.06. The first-order valence-electron chi connectivity index (χ1n) is 6.12. The van der Waals surface area contributed by atoms with Crippen LogP contribution in [0.2, 0.25) is 0 Å². The lowest BCUT2D eigenvalue weighted by molar-refractivity contribution is 0.628. The summed E-state index contributed by atoms with van der Waals surface area (Å²) in [5, 5.41) is 0. The molecule has 3 aromatic rings. The van der Waals surface area contributed by atoms with Gasteiger partial charge >= 0.3 is 0 Å². The van der Waals surface area contributed by atoms with Crippen LogP contribution in [0.4, 0.5) is 4.39 Å². The van der Waals surface area contributed by atoms with Crippen LogP contribution in [0.15, 0.2) is 67.3 Å². The van der Waals surface area contributed by atoms with Crippen molar-refractivity contribution in [1.82, 2.24) is 9.55 Å². The van der Waals surface area contributed by atoms with Gasteiger partial charge in [0.15, 0.2) is 0 Å². The van der Waals surface area contributed by atoms with Crippen LogP contribution >= 0.6 is 0 Å². The van der Waals surface area contributed by atoms with E-state index in [0.29, 0.717) is 0 Å². The highest BCUT2D eigenvalue weighted by molar-refractivity contribution is 5.63. The van der Waals surface area contributed by atoms with E-state index in [-0.39, 0.29) is 5.82 Å². The molecule has 0 spiro atoms. The largest absolute Gasteiger partial charge is 0.333 e. The second-order valence-corrected chi connectivity index (χ2v) is 4.44. The van der Waals surface area contributed by atoms with E-state index in [2.05, 4.69) is 29.2 Å². The first-order valence-corrected chi connectivity index (χ1v) is 6.12. The second kappa shape index (κ2) is 5.06. The zero-order valence-corrected chi connectivity index (χ0v) is 10.3. The molecule has 0 aliphatic carbocycles. The molecular formula is C16H13FN2. The zero-order chi connectivity index (χ0) is 13.1. The van der Waals surface area contributed by atoms with E-state index >= 15 is 0 Å². The van der Waals surface area contributed by atoms with Gasteiger partial charge in [0.2, 0.25) is 0 Å². The SMILES string of the molecule is Fc1ccc(-c2ccc(Cn3ccnc3)cc2)cc1. The van der Waals surface area contributed by atoms with Crippen LogP contribution in [0, 0.1) is 5.82 Å². The molecule has 0 aliphatic heterocycles. The Morgan fingerprint density at radius 1 is 0.895 bits per heavy atom. The van der Waals surface area contributed by atoms with Crippen molar-refractivity contribution in [2.24, 2.45) is 0 Å². The van der Waals surface area contributed by atoms with Crippen LogP contribution in [-0.4, -0.2) is 9.55 Å². The number of hydrogen-bond donors (Lipinski definition) is 0. The van der Waals surface area contributed by atoms with E-state index in [9.17, 15) is 4.39 Å². The normalized spacial score (nSPS) is 10.6. The molecule has 0 amide bonds. The van der Waals surface area contributed by atoms with Crippen molar-refractivity contribution in [2.75, 3.05) is 0 Å². The van der Waals surface area contributed by atoms with Crippen molar-refractivity contribution >= 4 is 0 Å². The molecule has 19 heavy (non-hydrogen) atoms. The van der Waals surface area contributed by atoms with Gasteiger partial charge in [-0.25, -0.2) is 9.37 Å². The molecule has 0 fully saturated rings. The highest BCUT2D eigenvalue weighted by atomic mass is 19.1. The molecule has 0 aliphatic rings. The van der Waals surface area contributed by atoms with Crippen LogP contribution < -0.4 is 0 Å². The maximum Gasteiger partial charge on any atom is 0.123 e. The van der Waals surface area contributed by atoms with Crippen molar-refractivity contribution in [1.29, 1.82) is 0 Å². The zero-order valence-electron chi connectivity index (χ0n) is 10.3. The molecule has 0 radical (unpaired) electrons. The molecule has 0 atom stereocenters. The van der Waals surface area contributed by atoms with Crippen molar-refractivity contribution in [2.45, 2.75) is 6.54 Å². The molecule has 94 valence electrons. The predicted octanol–water partition coefficient (Wildman–Crippen LogP) is 3.74. The molecular weight excluding hydrogens is 239 g/mol. The molecule has 3 heteroatoms. The quantitative estimate of drug-likeness (QED) is 0.694. The van der Waals surface area contributed by atoms with Crippen molar-refractivity contribution < 1.29 is 4.39 Å². The highest BCUT2D eigenvalue weighted by Crippen LogP contribution is 2.20. The Balaban J connectivity index is 1.80. The number of aromatic nitrogens is 2. The smallest absolute Gasteiger partial charge is 0.123 e. The van der Waals surface area contributed by atoms with Gasteiger partial charge in [-0.3, -0.25) is 0 Å². The first kappa shape index (κ1) is 11.7. The standard InChI is InChI=1S/C16H13FN2/c17-16-7-5-15(6-8-16)14-3-1-13(2-4-14)11-19-10-9-18-12-19/h1-10,12H,11H2. The fraction of sp³-hybridized carbons (Fsp3) is 0.0625. The first-order chi connectivity index (χ1) is 9.31. The minimum atomic E-state index is -0.208. The maximum atomic E-state index is 12.9. The van der Waals surface area contributed by atoms with Gasteiger partial charge in [-0.2, -0.15) is 0 Å². The lowest BCUT2D eigenvalue weighted by Crippen LogP contribution is -1.95. The van der Waals surface area contributed by atoms with Gasteiger partial charge in [0, 0.05) is 18.9 Å². The monoisotopic (exact) mass is 252 g/mol. The molecule has 1 heterocycles. The number of hydrogen-bond acceptors (Lipinski definition) is 1. The predicted molar refractivity (Wildman–Crippen MR) is 73.2 cm³/mol. The van der Waals surface area contributed by atoms with Gasteiger partial charge in [0.05, 0.1) is 6.33 Å². The van der Waals surface area contributed by atoms with E-state index in [4.69, 9.17) is 0 Å². The number of imidazole rings is 1. The van der Waals surface area contributed by atoms with Crippen LogP contribution in [0.25, 0.3) is 11.1 Å². The van der Waals surface area contributed by atoms with Crippen molar-refractivity contribution in [3.63, 3.8) is 0 Å². The summed E-state index contributed by atoms with van der Waals surface area (Å²) in [4.78, 5) is 4.02. The lowest BCUT2D eigenvalue weighted by atomic mass is 10.0. The molecule has 0 bridgehead atoms. The summed E-state index contributed by atoms with van der Waals surface area (Å²) in [6, 6.07) is 14.8. The Morgan fingerprint density at radius 3 is 2.11 bits per heavy atom. The van der Waals surface area contributed by atoms with Crippen LogP contribution in [0.3, 0.4) is 0 Å². The minimum Gasteiger partial charge on any atom is -0.333 e. The summed E-state index contributed by atoms with van der Waals surface area (Å²) in [7, 11) is 0. The van der Waals surface area contributed by atoms with E-state index in [0.717, 1.165) is 17.7 Å². The van der Waals surface area contributed by atoms with Crippen molar-refractivity contribution in [3.8, 4) is 11.1 Å². The van der Waals surface area contributed by atoms with Gasteiger partial charge < -0.3 is 4.57 Å². The number of rotatable bonds is 3. The molecule has 0 saturated carbocycles. The van der Waals surface area contributed by atoms with Gasteiger partial charge in [-0.1, -0.05) is 36.4 Å². The summed E-state index contributed by atoms with van der Waals surface area (Å²) >= 11 is 0. The average Bonchev–Trinajstić information content (AvgIpc) is 2.94. The molecule has 3 rings (SSSR count). The molecule has 0 saturated heterocycles. The fourth-order valence-corrected chi connectivity index (χ4v) is 2.04. The van der Waals surface area contributed by atoms with Crippen molar-refractivity contribution in [3.05, 3.63) is 78.6 Å². The van der Waals surface area contributed by atoms with Gasteiger partial charge in [0.25, 0.3) is 0 Å². The Kier molecular flexibility index (Phi) is 3.11. The van der Waals surface area contributed by atoms with Crippen LogP contribution in [0.1, 0.15) is 5.56 Å². The Bertz CT molecular complexity index is 640. The number of halogens is 1. The molecule has 1 aromatic heterocycles. The topological polar surface area (TPSA) is 17.8 Å². The minimum absolute atomic E-state index is 0.208. The molecule has 0 N–H and O–H groups in total. The van der Waals surface area contributed by atoms with Gasteiger partial charge in [0.1, 0.15) is 5.82 Å². The summed E-state index contributed by atoms with van der Waals surface area (Å²) in [5.74, 6) is -0.208. The summed E-state index contributed by atoms with van der Waals surface area (Å²) in [6.07, 6.45) is 5.51. The molecule has 2 nitrogen and oxygen atoms in total. The number of nitrogens with zero attached hydrogens (tertiary/aromatic N) is 2. The summed E-state index contributed by atoms with van der Waals surface area (Å²) in [5.41, 5.74) is 3.33. The summed E-state index contributed by atoms with van der Waals surface area (Å²) < 4.78 is 14.9. The highest BCUT2D eigenvalue weighted by Gasteiger charge is 1.99. The van der Waals surface area contributed by atoms with Crippen LogP contribution in [-0.2, 0) is 6.54 Å². The van der Waals surface area contributed by atoms with E-state index in [1.165, 1.54) is 17.7 Å². The maximum absolute atomic E-state index is 12.9. The molecule has 2 aromatic carbocycles. The third kappa shape index (κ3) is 2.71. The Hall–Kier alpha value is -2.42. The van der Waals surface area contributed by atoms with Gasteiger partial charge in [-0.05, 0) is 28.8 Å². The Labute approximate surface area is 111 Å². The lowest BCUT2D eigenvalue weighted by Gasteiger charge is -2.05. The molecule has 0 unspecified atom stereocenters. The van der Waals surface area contributed by atoms with E-state index in [1.807, 2.05) is 10.8 Å². The average molecular weight is 252 g/mol. The third-order valence-corrected chi connectivity index (χ3v) is 3.06. The van der Waals surface area contributed by atoms with Gasteiger partial charge in [-0.15, -0.1) is 0 Å². The summed E-state index contributed by atoms with van der Waals surface area (Å²) in [6.45, 7) is 0.809. The fourth-order valence-electron chi connectivity index (χ4n) is 2.04. The number of benzene rings is 2. The van der Waals surface area contributed by atoms with E-state index in [1.54, 1.807) is 24.7 Å². The van der Waals surface area contributed by atoms with E-state index < -0.39 is 0 Å². The van der Waals surface area contributed by atoms with Crippen LogP contribution in [0.5, 0.6) is 0 Å².